The van der Waals surface area contributed by atoms with Crippen molar-refractivity contribution in [3.8, 4) is 23.0 Å². The van der Waals surface area contributed by atoms with E-state index in [-0.39, 0.29) is 24.1 Å². The number of nitrogens with one attached hydrogen (secondary N) is 1. The summed E-state index contributed by atoms with van der Waals surface area (Å²) in [6.45, 7) is 3.37. The molecule has 9 nitrogen and oxygen atoms in total. The van der Waals surface area contributed by atoms with E-state index in [9.17, 15) is 19.5 Å². The zero-order valence-electron chi connectivity index (χ0n) is 19.4. The molecule has 1 aliphatic rings. The SMILES string of the molecule is COc1ccc(C=C2Oc3cc(OCC(=O)N[C@H](CC(C)C)C(=O)O)ccc3C2=O)c(OC)c1. The highest BCUT2D eigenvalue weighted by atomic mass is 16.5. The molecule has 0 radical (unpaired) electrons. The van der Waals surface area contributed by atoms with Gasteiger partial charge >= 0.3 is 5.97 Å². The molecule has 2 aromatic carbocycles. The number of ether oxygens (including phenoxy) is 4. The van der Waals surface area contributed by atoms with E-state index < -0.39 is 17.9 Å². The lowest BCUT2D eigenvalue weighted by Crippen LogP contribution is -2.43. The topological polar surface area (TPSA) is 120 Å². The van der Waals surface area contributed by atoms with Crippen LogP contribution in [0.1, 0.15) is 36.2 Å². The summed E-state index contributed by atoms with van der Waals surface area (Å²) in [5, 5.41) is 11.7. The fourth-order valence-electron chi connectivity index (χ4n) is 3.41. The van der Waals surface area contributed by atoms with E-state index in [1.54, 1.807) is 43.5 Å². The monoisotopic (exact) mass is 469 g/mol. The Balaban J connectivity index is 1.68. The van der Waals surface area contributed by atoms with Crippen molar-refractivity contribution in [2.75, 3.05) is 20.8 Å². The van der Waals surface area contributed by atoms with Crippen molar-refractivity contribution >= 4 is 23.7 Å². The van der Waals surface area contributed by atoms with Crippen LogP contribution in [-0.2, 0) is 9.59 Å². The van der Waals surface area contributed by atoms with Crippen LogP contribution in [0.2, 0.25) is 0 Å². The number of methoxy groups -OCH3 is 2. The minimum Gasteiger partial charge on any atom is -0.497 e. The highest BCUT2D eigenvalue weighted by molar-refractivity contribution is 6.14. The molecule has 1 atom stereocenters. The van der Waals surface area contributed by atoms with E-state index in [4.69, 9.17) is 18.9 Å². The van der Waals surface area contributed by atoms with Gasteiger partial charge in [0.1, 0.15) is 29.0 Å². The van der Waals surface area contributed by atoms with Crippen molar-refractivity contribution in [3.05, 3.63) is 53.3 Å². The maximum atomic E-state index is 12.8. The second-order valence-electron chi connectivity index (χ2n) is 8.08. The predicted molar refractivity (Wildman–Crippen MR) is 123 cm³/mol. The molecular weight excluding hydrogens is 442 g/mol. The number of carbonyl (C=O) groups excluding carboxylic acids is 2. The molecule has 0 unspecified atom stereocenters. The van der Waals surface area contributed by atoms with Gasteiger partial charge in [0, 0.05) is 17.7 Å². The van der Waals surface area contributed by atoms with Gasteiger partial charge in [-0.05, 0) is 42.7 Å². The number of amides is 1. The number of rotatable bonds is 10. The average Bonchev–Trinajstić information content (AvgIpc) is 3.11. The molecule has 180 valence electrons. The number of hydrogen-bond donors (Lipinski definition) is 2. The Kier molecular flexibility index (Phi) is 7.78. The van der Waals surface area contributed by atoms with Gasteiger partial charge in [0.05, 0.1) is 19.8 Å². The molecule has 0 spiro atoms. The summed E-state index contributed by atoms with van der Waals surface area (Å²) in [6, 6.07) is 8.82. The summed E-state index contributed by atoms with van der Waals surface area (Å²) in [4.78, 5) is 36.2. The third kappa shape index (κ3) is 5.86. The van der Waals surface area contributed by atoms with Crippen molar-refractivity contribution in [2.45, 2.75) is 26.3 Å². The second-order valence-corrected chi connectivity index (χ2v) is 8.08. The number of carboxylic acid groups (broad SMARTS) is 1. The zero-order chi connectivity index (χ0) is 24.8. The lowest BCUT2D eigenvalue weighted by molar-refractivity contribution is -0.142. The van der Waals surface area contributed by atoms with E-state index in [0.717, 1.165) is 0 Å². The third-order valence-electron chi connectivity index (χ3n) is 5.08. The first-order valence-electron chi connectivity index (χ1n) is 10.7. The van der Waals surface area contributed by atoms with Crippen molar-refractivity contribution < 1.29 is 38.4 Å². The highest BCUT2D eigenvalue weighted by Crippen LogP contribution is 2.36. The molecule has 9 heteroatoms. The number of carboxylic acids is 1. The van der Waals surface area contributed by atoms with Gasteiger partial charge in [-0.2, -0.15) is 0 Å². The average molecular weight is 469 g/mol. The molecule has 34 heavy (non-hydrogen) atoms. The molecule has 0 aliphatic carbocycles. The van der Waals surface area contributed by atoms with Crippen LogP contribution in [0.25, 0.3) is 6.08 Å². The highest BCUT2D eigenvalue weighted by Gasteiger charge is 2.28. The first kappa shape index (κ1) is 24.6. The number of hydrogen-bond acceptors (Lipinski definition) is 7. The molecule has 0 aromatic heterocycles. The summed E-state index contributed by atoms with van der Waals surface area (Å²) < 4.78 is 21.8. The Bertz CT molecular complexity index is 1120. The molecule has 1 aliphatic heterocycles. The van der Waals surface area contributed by atoms with Crippen LogP contribution in [0.5, 0.6) is 23.0 Å². The number of benzene rings is 2. The van der Waals surface area contributed by atoms with Crippen LogP contribution in [-0.4, -0.2) is 49.6 Å². The lowest BCUT2D eigenvalue weighted by atomic mass is 10.0. The van der Waals surface area contributed by atoms with Crippen molar-refractivity contribution in [3.63, 3.8) is 0 Å². The molecule has 1 amide bonds. The lowest BCUT2D eigenvalue weighted by Gasteiger charge is -2.16. The van der Waals surface area contributed by atoms with Crippen LogP contribution < -0.4 is 24.3 Å². The van der Waals surface area contributed by atoms with Crippen LogP contribution in [0.4, 0.5) is 0 Å². The number of fused-ring (bicyclic) bond motifs is 1. The summed E-state index contributed by atoms with van der Waals surface area (Å²) in [7, 11) is 3.07. The van der Waals surface area contributed by atoms with E-state index in [2.05, 4.69) is 5.32 Å². The maximum Gasteiger partial charge on any atom is 0.326 e. The van der Waals surface area contributed by atoms with Crippen LogP contribution in [0.15, 0.2) is 42.2 Å². The molecular formula is C25H27NO8. The molecule has 3 rings (SSSR count). The van der Waals surface area contributed by atoms with E-state index in [0.29, 0.717) is 40.5 Å². The zero-order valence-corrected chi connectivity index (χ0v) is 19.4. The summed E-state index contributed by atoms with van der Waals surface area (Å²) in [6.07, 6.45) is 1.89. The van der Waals surface area contributed by atoms with E-state index in [1.807, 2.05) is 13.8 Å². The van der Waals surface area contributed by atoms with Crippen molar-refractivity contribution in [2.24, 2.45) is 5.92 Å². The Morgan fingerprint density at radius 2 is 1.82 bits per heavy atom. The summed E-state index contributed by atoms with van der Waals surface area (Å²) in [5.41, 5.74) is 1.00. The largest absolute Gasteiger partial charge is 0.497 e. The number of allylic oxidation sites excluding steroid dienone is 1. The summed E-state index contributed by atoms with van der Waals surface area (Å²) in [5.74, 6) is 0.00924. The minimum absolute atomic E-state index is 0.105. The van der Waals surface area contributed by atoms with Crippen molar-refractivity contribution in [1.82, 2.24) is 5.32 Å². The van der Waals surface area contributed by atoms with E-state index >= 15 is 0 Å². The van der Waals surface area contributed by atoms with Gasteiger partial charge < -0.3 is 29.4 Å². The quantitative estimate of drug-likeness (QED) is 0.509. The van der Waals surface area contributed by atoms with Gasteiger partial charge in [0.25, 0.3) is 5.91 Å². The predicted octanol–water partition coefficient (Wildman–Crippen LogP) is 3.31. The number of ketones is 1. The van der Waals surface area contributed by atoms with Crippen LogP contribution in [0, 0.1) is 5.92 Å². The van der Waals surface area contributed by atoms with Crippen LogP contribution in [0.3, 0.4) is 0 Å². The Morgan fingerprint density at radius 3 is 2.47 bits per heavy atom. The molecule has 2 N–H and O–H groups in total. The first-order valence-corrected chi connectivity index (χ1v) is 10.7. The number of Topliss-reactive ketones (excluding diaryl/α,β-unsaturated/α-hetero) is 1. The Labute approximate surface area is 197 Å². The molecule has 2 aromatic rings. The third-order valence-corrected chi connectivity index (χ3v) is 5.08. The van der Waals surface area contributed by atoms with E-state index in [1.165, 1.54) is 13.2 Å². The normalized spacial score (nSPS) is 14.4. The first-order chi connectivity index (χ1) is 16.2. The second kappa shape index (κ2) is 10.7. The maximum absolute atomic E-state index is 12.8. The van der Waals surface area contributed by atoms with Gasteiger partial charge in [-0.25, -0.2) is 4.79 Å². The molecule has 0 fully saturated rings. The van der Waals surface area contributed by atoms with Crippen LogP contribution >= 0.6 is 0 Å². The number of carbonyl (C=O) groups is 3. The summed E-state index contributed by atoms with van der Waals surface area (Å²) >= 11 is 0. The fourth-order valence-corrected chi connectivity index (χ4v) is 3.41. The molecule has 0 saturated heterocycles. The Hall–Kier alpha value is -4.01. The van der Waals surface area contributed by atoms with Crippen molar-refractivity contribution in [1.29, 1.82) is 0 Å². The number of aliphatic carboxylic acids is 1. The van der Waals surface area contributed by atoms with Gasteiger partial charge in [0.2, 0.25) is 5.78 Å². The molecule has 0 saturated carbocycles. The fraction of sp³-hybridized carbons (Fsp3) is 0.320. The molecule has 1 heterocycles. The van der Waals surface area contributed by atoms with Gasteiger partial charge in [-0.3, -0.25) is 9.59 Å². The standard InChI is InChI=1S/C25H27NO8/c1-14(2)9-19(25(29)30)26-23(27)13-33-17-7-8-18-21(12-17)34-22(24(18)28)10-15-5-6-16(31-3)11-20(15)32-4/h5-8,10-12,14,19H,9,13H2,1-4H3,(H,26,27)(H,29,30)/t19-/m1/s1. The van der Waals surface area contributed by atoms with Gasteiger partial charge in [-0.1, -0.05) is 13.8 Å². The van der Waals surface area contributed by atoms with Gasteiger partial charge in [-0.15, -0.1) is 0 Å². The van der Waals surface area contributed by atoms with Gasteiger partial charge in [0.15, 0.2) is 12.4 Å². The smallest absolute Gasteiger partial charge is 0.326 e. The Morgan fingerprint density at radius 1 is 1.09 bits per heavy atom. The minimum atomic E-state index is -1.10. The molecule has 0 bridgehead atoms.